The van der Waals surface area contributed by atoms with Crippen LogP contribution in [0.25, 0.3) is 35.2 Å². The molecule has 4 aromatic carbocycles. The first-order valence-electron chi connectivity index (χ1n) is 11.4. The highest BCUT2D eigenvalue weighted by atomic mass is 35.5. The minimum atomic E-state index is -0.0627. The number of fused-ring (bicyclic) bond motifs is 1. The van der Waals surface area contributed by atoms with Gasteiger partial charge in [-0.05, 0) is 41.0 Å². The van der Waals surface area contributed by atoms with Crippen LogP contribution in [0.2, 0.25) is 5.02 Å². The molecule has 0 saturated carbocycles. The molecule has 1 heterocycles. The van der Waals surface area contributed by atoms with Crippen molar-refractivity contribution in [1.29, 1.82) is 0 Å². The van der Waals surface area contributed by atoms with Crippen molar-refractivity contribution in [2.45, 2.75) is 0 Å². The highest BCUT2D eigenvalue weighted by molar-refractivity contribution is 6.30. The Kier molecular flexibility index (Phi) is 6.65. The van der Waals surface area contributed by atoms with Crippen LogP contribution in [-0.2, 0) is 0 Å². The number of benzene rings is 4. The van der Waals surface area contributed by atoms with Gasteiger partial charge in [0, 0.05) is 16.0 Å². The second-order valence-electron chi connectivity index (χ2n) is 8.13. The first kappa shape index (κ1) is 22.5. The van der Waals surface area contributed by atoms with E-state index in [2.05, 4.69) is 0 Å². The maximum absolute atomic E-state index is 13.9. The van der Waals surface area contributed by atoms with E-state index in [1.807, 2.05) is 133 Å². The summed E-state index contributed by atoms with van der Waals surface area (Å²) in [4.78, 5) is 18.8. The van der Waals surface area contributed by atoms with E-state index in [0.717, 1.165) is 27.6 Å². The zero-order valence-corrected chi connectivity index (χ0v) is 19.7. The highest BCUT2D eigenvalue weighted by Crippen LogP contribution is 2.29. The minimum Gasteiger partial charge on any atom is -0.289 e. The number of halogens is 1. The largest absolute Gasteiger partial charge is 0.289 e. The zero-order valence-electron chi connectivity index (χ0n) is 18.9. The maximum Gasteiger partial charge on any atom is 0.195 e. The Hall–Kier alpha value is -4.27. The molecule has 0 aliphatic heterocycles. The maximum atomic E-state index is 13.9. The van der Waals surface area contributed by atoms with Gasteiger partial charge in [0.1, 0.15) is 0 Å². The number of hydrogen-bond donors (Lipinski definition) is 0. The lowest BCUT2D eigenvalue weighted by Crippen LogP contribution is -2.08. The molecular weight excluding hydrogens is 450 g/mol. The first-order chi connectivity index (χ1) is 17.2. The third-order valence-electron chi connectivity index (χ3n) is 5.77. The number of para-hydroxylation sites is 1. The highest BCUT2D eigenvalue weighted by Gasteiger charge is 2.20. The van der Waals surface area contributed by atoms with Crippen LogP contribution in [0.1, 0.15) is 38.3 Å². The zero-order chi connectivity index (χ0) is 24.0. The second-order valence-corrected chi connectivity index (χ2v) is 8.56. The molecule has 0 unspecified atom stereocenters. The van der Waals surface area contributed by atoms with Gasteiger partial charge in [-0.15, -0.1) is 0 Å². The molecule has 0 amide bonds. The summed E-state index contributed by atoms with van der Waals surface area (Å²) in [6, 6.07) is 34.9. The number of pyridine rings is 1. The van der Waals surface area contributed by atoms with Gasteiger partial charge in [0.2, 0.25) is 0 Å². The van der Waals surface area contributed by atoms with Gasteiger partial charge in [0.05, 0.1) is 16.8 Å². The predicted molar refractivity (Wildman–Crippen MR) is 147 cm³/mol. The molecule has 1 aromatic heterocycles. The Balaban J connectivity index is 1.73. The second kappa shape index (κ2) is 10.3. The third kappa shape index (κ3) is 5.13. The molecule has 3 heteroatoms. The molecule has 5 aromatic rings. The van der Waals surface area contributed by atoms with Gasteiger partial charge in [-0.3, -0.25) is 4.79 Å². The molecule has 0 atom stereocenters. The number of rotatable bonds is 6. The van der Waals surface area contributed by atoms with Crippen LogP contribution in [0, 0.1) is 0 Å². The Morgan fingerprint density at radius 2 is 1.23 bits per heavy atom. The van der Waals surface area contributed by atoms with E-state index >= 15 is 0 Å². The summed E-state index contributed by atoms with van der Waals surface area (Å²) in [6.07, 6.45) is 7.93. The van der Waals surface area contributed by atoms with E-state index in [4.69, 9.17) is 16.6 Å². The van der Waals surface area contributed by atoms with Gasteiger partial charge in [0.25, 0.3) is 0 Å². The fourth-order valence-corrected chi connectivity index (χ4v) is 4.14. The summed E-state index contributed by atoms with van der Waals surface area (Å²) in [7, 11) is 0. The van der Waals surface area contributed by atoms with E-state index in [-0.39, 0.29) is 5.78 Å². The molecule has 0 N–H and O–H groups in total. The summed E-state index contributed by atoms with van der Waals surface area (Å²) in [5.74, 6) is -0.0627. The van der Waals surface area contributed by atoms with Crippen LogP contribution in [-0.4, -0.2) is 10.8 Å². The quantitative estimate of drug-likeness (QED) is 0.232. The Bertz CT molecular complexity index is 1540. The molecule has 0 aliphatic carbocycles. The molecule has 0 bridgehead atoms. The summed E-state index contributed by atoms with van der Waals surface area (Å²) in [6.45, 7) is 0. The molecule has 0 fully saturated rings. The van der Waals surface area contributed by atoms with Crippen molar-refractivity contribution in [1.82, 2.24) is 4.98 Å². The van der Waals surface area contributed by atoms with Crippen LogP contribution in [0.5, 0.6) is 0 Å². The fraction of sp³-hybridized carbons (Fsp3) is 0. The van der Waals surface area contributed by atoms with Crippen LogP contribution in [0.15, 0.2) is 109 Å². The monoisotopic (exact) mass is 471 g/mol. The molecular formula is C32H22ClNO. The van der Waals surface area contributed by atoms with Crippen LogP contribution in [0.4, 0.5) is 0 Å². The van der Waals surface area contributed by atoms with Crippen molar-refractivity contribution < 1.29 is 4.79 Å². The van der Waals surface area contributed by atoms with E-state index in [1.165, 1.54) is 0 Å². The lowest BCUT2D eigenvalue weighted by molar-refractivity contribution is 0.103. The molecule has 0 aliphatic rings. The molecule has 168 valence electrons. The average Bonchev–Trinajstić information content (AvgIpc) is 2.92. The van der Waals surface area contributed by atoms with Crippen LogP contribution < -0.4 is 0 Å². The molecule has 0 saturated heterocycles. The Morgan fingerprint density at radius 1 is 0.629 bits per heavy atom. The van der Waals surface area contributed by atoms with Gasteiger partial charge < -0.3 is 0 Å². The lowest BCUT2D eigenvalue weighted by Gasteiger charge is -2.13. The topological polar surface area (TPSA) is 30.0 Å². The van der Waals surface area contributed by atoms with Crippen molar-refractivity contribution in [3.63, 3.8) is 0 Å². The number of ketones is 1. The van der Waals surface area contributed by atoms with Crippen molar-refractivity contribution in [2.75, 3.05) is 0 Å². The third-order valence-corrected chi connectivity index (χ3v) is 6.02. The van der Waals surface area contributed by atoms with Gasteiger partial charge in [0.15, 0.2) is 5.78 Å². The van der Waals surface area contributed by atoms with Crippen molar-refractivity contribution >= 4 is 52.6 Å². The Morgan fingerprint density at radius 3 is 1.97 bits per heavy atom. The number of carbonyl (C=O) groups excluding carboxylic acids is 1. The SMILES string of the molecule is O=C(c1ccccc1)c1c(/C=C/c2ccccc2)nc2ccccc2c1/C=C/c1ccc(Cl)cc1. The van der Waals surface area contributed by atoms with E-state index in [9.17, 15) is 4.79 Å². The van der Waals surface area contributed by atoms with Gasteiger partial charge in [-0.25, -0.2) is 4.98 Å². The minimum absolute atomic E-state index is 0.0627. The number of nitrogens with zero attached hydrogens (tertiary/aromatic N) is 1. The normalized spacial score (nSPS) is 11.5. The van der Waals surface area contributed by atoms with Crippen molar-refractivity contribution in [3.05, 3.63) is 148 Å². The molecule has 0 radical (unpaired) electrons. The molecule has 2 nitrogen and oxygen atoms in total. The standard InChI is InChI=1S/C32H22ClNO/c33-26-19-15-24(16-20-26)17-21-28-27-13-7-8-14-29(27)34-30(22-18-23-9-3-1-4-10-23)31(28)32(35)25-11-5-2-6-12-25/h1-22H/b21-17+,22-18+. The molecule has 5 rings (SSSR count). The van der Waals surface area contributed by atoms with Crippen LogP contribution >= 0.6 is 11.6 Å². The van der Waals surface area contributed by atoms with Gasteiger partial charge in [-0.2, -0.15) is 0 Å². The molecule has 35 heavy (non-hydrogen) atoms. The first-order valence-corrected chi connectivity index (χ1v) is 11.8. The van der Waals surface area contributed by atoms with E-state index < -0.39 is 0 Å². The van der Waals surface area contributed by atoms with Gasteiger partial charge >= 0.3 is 0 Å². The number of carbonyl (C=O) groups is 1. The lowest BCUT2D eigenvalue weighted by atomic mass is 9.92. The number of aromatic nitrogens is 1. The summed E-state index contributed by atoms with van der Waals surface area (Å²) >= 11 is 6.06. The summed E-state index contributed by atoms with van der Waals surface area (Å²) in [5, 5.41) is 1.61. The Labute approximate surface area is 209 Å². The summed E-state index contributed by atoms with van der Waals surface area (Å²) in [5.41, 5.74) is 5.55. The average molecular weight is 472 g/mol. The van der Waals surface area contributed by atoms with Crippen molar-refractivity contribution in [2.24, 2.45) is 0 Å². The van der Waals surface area contributed by atoms with E-state index in [0.29, 0.717) is 21.8 Å². The number of hydrogen-bond acceptors (Lipinski definition) is 2. The van der Waals surface area contributed by atoms with Crippen molar-refractivity contribution in [3.8, 4) is 0 Å². The molecule has 0 spiro atoms. The summed E-state index contributed by atoms with van der Waals surface area (Å²) < 4.78 is 0. The van der Waals surface area contributed by atoms with E-state index in [1.54, 1.807) is 0 Å². The fourth-order valence-electron chi connectivity index (χ4n) is 4.02. The smallest absolute Gasteiger partial charge is 0.195 e. The predicted octanol–water partition coefficient (Wildman–Crippen LogP) is 8.46. The van der Waals surface area contributed by atoms with Crippen LogP contribution in [0.3, 0.4) is 0 Å². The van der Waals surface area contributed by atoms with Gasteiger partial charge in [-0.1, -0.05) is 121 Å².